The molecule has 0 radical (unpaired) electrons. The number of hydrogen-bond acceptors (Lipinski definition) is 0. The van der Waals surface area contributed by atoms with Crippen molar-refractivity contribution >= 4 is 0 Å². The molecule has 0 saturated carbocycles. The van der Waals surface area contributed by atoms with E-state index in [1.54, 1.807) is 0 Å². The van der Waals surface area contributed by atoms with E-state index in [1.807, 2.05) is 0 Å². The first-order valence-corrected chi connectivity index (χ1v) is 3.66. The maximum Gasteiger partial charge on any atom is 2.00 e. The van der Waals surface area contributed by atoms with Gasteiger partial charge in [0.05, 0.1) is 0 Å². The van der Waals surface area contributed by atoms with Gasteiger partial charge in [0.1, 0.15) is 0 Å². The van der Waals surface area contributed by atoms with Crippen LogP contribution in [0.2, 0.25) is 0 Å². The third-order valence-electron chi connectivity index (χ3n) is 1.23. The van der Waals surface area contributed by atoms with Gasteiger partial charge in [-0.25, -0.2) is 0 Å². The number of hydrogen-bond donors (Lipinski definition) is 0. The number of allylic oxidation sites excluding steroid dienone is 3. The first-order valence-electron chi connectivity index (χ1n) is 3.66. The fourth-order valence-electron chi connectivity index (χ4n) is 0.950. The number of rotatable bonds is 1. The van der Waals surface area contributed by atoms with Crippen LogP contribution in [0.15, 0.2) is 23.9 Å². The molecule has 0 heterocycles. The monoisotopic (exact) mass is 356 g/mol. The molecule has 106 valence electrons. The van der Waals surface area contributed by atoms with Crippen LogP contribution in [0.5, 0.6) is 0 Å². The van der Waals surface area contributed by atoms with Gasteiger partial charge in [0.25, 0.3) is 0 Å². The van der Waals surface area contributed by atoms with E-state index < -0.39 is 0 Å². The molecule has 0 saturated heterocycles. The Bertz CT molecular complexity index is 184. The first-order chi connectivity index (χ1) is 4.58. The summed E-state index contributed by atoms with van der Waals surface area (Å²) >= 11 is 0. The van der Waals surface area contributed by atoms with Gasteiger partial charge in [-0.05, 0) is 6.42 Å². The zero-order valence-electron chi connectivity index (χ0n) is 12.1. The van der Waals surface area contributed by atoms with Crippen LogP contribution in [-0.4, -0.2) is 5.54 Å². The average Bonchev–Trinajstić information content (AvgIpc) is 2.12. The maximum atomic E-state index is 4.51. The zero-order chi connectivity index (χ0) is 7.61. The summed E-state index contributed by atoms with van der Waals surface area (Å²) in [6, 6.07) is 0. The van der Waals surface area contributed by atoms with Crippen LogP contribution in [0, 0.1) is 29.7 Å². The van der Waals surface area contributed by atoms with Crippen molar-refractivity contribution in [3.05, 3.63) is 58.9 Å². The average molecular weight is 358 g/mol. The third-order valence-corrected chi connectivity index (χ3v) is 1.23. The minimum Gasteiger partial charge on any atom is -1.00 e. The molecule has 0 unspecified atom stereocenters. The zero-order valence-corrected chi connectivity index (χ0v) is 16.1. The topological polar surface area (TPSA) is 14.1 Å². The van der Waals surface area contributed by atoms with Crippen LogP contribution in [0.1, 0.15) is 27.2 Å². The van der Waals surface area contributed by atoms with Crippen LogP contribution in [0.25, 0.3) is 5.32 Å². The van der Waals surface area contributed by atoms with E-state index in [9.17, 15) is 0 Å². The number of halogens is 2. The SMILES string of the molecule is CC(C)(C)[N-]C1=CC=CC1.[CH3-].[CH3-].[CH3-].[CH3-].[Cl-].[Cl-].[Zr+2]. The fraction of sp³-hybridized carbons (Fsp3) is 0.385. The molecular formula is C13H26Cl2NZr-5. The van der Waals surface area contributed by atoms with Crippen molar-refractivity contribution in [1.82, 2.24) is 0 Å². The minimum atomic E-state index is 0. The molecule has 0 atom stereocenters. The van der Waals surface area contributed by atoms with E-state index in [-0.39, 0.29) is 86.3 Å². The van der Waals surface area contributed by atoms with Gasteiger partial charge < -0.3 is 59.8 Å². The van der Waals surface area contributed by atoms with Crippen molar-refractivity contribution in [2.24, 2.45) is 0 Å². The predicted molar refractivity (Wildman–Crippen MR) is 70.6 cm³/mol. The Morgan fingerprint density at radius 1 is 1.00 bits per heavy atom. The van der Waals surface area contributed by atoms with Crippen molar-refractivity contribution < 1.29 is 51.0 Å². The van der Waals surface area contributed by atoms with Gasteiger partial charge >= 0.3 is 26.2 Å². The Hall–Kier alpha value is 0.743. The molecule has 0 N–H and O–H groups in total. The van der Waals surface area contributed by atoms with Gasteiger partial charge in [0, 0.05) is 0 Å². The van der Waals surface area contributed by atoms with E-state index in [0.29, 0.717) is 0 Å². The Morgan fingerprint density at radius 2 is 1.41 bits per heavy atom. The van der Waals surface area contributed by atoms with Gasteiger partial charge in [-0.2, -0.15) is 5.70 Å². The van der Waals surface area contributed by atoms with Crippen LogP contribution in [0.3, 0.4) is 0 Å². The molecule has 1 aliphatic rings. The van der Waals surface area contributed by atoms with E-state index in [4.69, 9.17) is 0 Å². The second-order valence-corrected chi connectivity index (χ2v) is 3.57. The quantitative estimate of drug-likeness (QED) is 0.524. The summed E-state index contributed by atoms with van der Waals surface area (Å²) < 4.78 is 0. The smallest absolute Gasteiger partial charge is 1.00 e. The summed E-state index contributed by atoms with van der Waals surface area (Å²) in [5.41, 5.74) is 1.28. The molecule has 0 aliphatic heterocycles. The molecule has 1 rings (SSSR count). The molecule has 17 heavy (non-hydrogen) atoms. The third kappa shape index (κ3) is 22.4. The van der Waals surface area contributed by atoms with Gasteiger partial charge in [0.2, 0.25) is 0 Å². The standard InChI is InChI=1S/C9H14N.4CH3.2ClH.Zr/c1-9(2,3)10-8-6-4-5-7-8;;;;;;;/h4-6H,7H2,1-3H3;4*1H3;2*1H;/q5*-1;;;+2/p-2. The molecule has 0 bridgehead atoms. The van der Waals surface area contributed by atoms with Crippen molar-refractivity contribution in [3.8, 4) is 0 Å². The van der Waals surface area contributed by atoms with Crippen molar-refractivity contribution in [1.29, 1.82) is 0 Å². The number of nitrogens with zero attached hydrogens (tertiary/aromatic N) is 1. The van der Waals surface area contributed by atoms with Gasteiger partial charge in [-0.1, -0.05) is 39.0 Å². The van der Waals surface area contributed by atoms with Crippen LogP contribution in [0.4, 0.5) is 0 Å². The van der Waals surface area contributed by atoms with Crippen LogP contribution >= 0.6 is 0 Å². The predicted octanol–water partition coefficient (Wildman–Crippen LogP) is -1.19. The van der Waals surface area contributed by atoms with Crippen molar-refractivity contribution in [2.45, 2.75) is 32.7 Å². The largest absolute Gasteiger partial charge is 2.00 e. The normalized spacial score (nSPS) is 10.2. The summed E-state index contributed by atoms with van der Waals surface area (Å²) in [4.78, 5) is 0. The molecule has 0 aromatic rings. The van der Waals surface area contributed by atoms with Gasteiger partial charge in [-0.15, -0.1) is 5.54 Å². The first kappa shape index (κ1) is 43.1. The van der Waals surface area contributed by atoms with Crippen molar-refractivity contribution in [2.75, 3.05) is 0 Å². The summed E-state index contributed by atoms with van der Waals surface area (Å²) in [6.07, 6.45) is 7.28. The molecule has 1 aliphatic carbocycles. The van der Waals surface area contributed by atoms with Gasteiger partial charge in [0.15, 0.2) is 0 Å². The molecule has 0 fully saturated rings. The molecule has 4 heteroatoms. The molecule has 0 aromatic carbocycles. The fourth-order valence-corrected chi connectivity index (χ4v) is 0.950. The van der Waals surface area contributed by atoms with Gasteiger partial charge in [-0.3, -0.25) is 0 Å². The Balaban J connectivity index is -0.0000000286. The van der Waals surface area contributed by atoms with Crippen molar-refractivity contribution in [3.63, 3.8) is 0 Å². The summed E-state index contributed by atoms with van der Waals surface area (Å²) in [6.45, 7) is 6.35. The minimum absolute atomic E-state index is 0. The Labute approximate surface area is 142 Å². The molecular weight excluding hydrogens is 332 g/mol. The van der Waals surface area contributed by atoms with E-state index in [0.717, 1.165) is 6.42 Å². The van der Waals surface area contributed by atoms with E-state index in [1.165, 1.54) is 5.70 Å². The summed E-state index contributed by atoms with van der Waals surface area (Å²) in [5.74, 6) is 0. The Morgan fingerprint density at radius 3 is 1.65 bits per heavy atom. The molecule has 0 aromatic heterocycles. The second kappa shape index (κ2) is 19.1. The van der Waals surface area contributed by atoms with E-state index >= 15 is 0 Å². The van der Waals surface area contributed by atoms with Crippen LogP contribution < -0.4 is 24.8 Å². The van der Waals surface area contributed by atoms with E-state index in [2.05, 4.69) is 44.3 Å². The molecule has 0 amide bonds. The maximum absolute atomic E-state index is 4.51. The van der Waals surface area contributed by atoms with Crippen LogP contribution in [-0.2, 0) is 26.2 Å². The summed E-state index contributed by atoms with van der Waals surface area (Å²) in [7, 11) is 0. The summed E-state index contributed by atoms with van der Waals surface area (Å²) in [5, 5.41) is 4.51. The molecule has 1 nitrogen and oxygen atoms in total. The second-order valence-electron chi connectivity index (χ2n) is 3.57. The Kier molecular flexibility index (Phi) is 48.4. The molecule has 0 spiro atoms.